The van der Waals surface area contributed by atoms with E-state index in [1.54, 1.807) is 19.2 Å². The smallest absolute Gasteiger partial charge is 0.310 e. The molecule has 1 amide bonds. The minimum atomic E-state index is -0.272. The Morgan fingerprint density at radius 1 is 1.15 bits per heavy atom. The van der Waals surface area contributed by atoms with Crippen LogP contribution in [0.25, 0.3) is 0 Å². The zero-order valence-electron chi connectivity index (χ0n) is 14.8. The van der Waals surface area contributed by atoms with Gasteiger partial charge in [0.1, 0.15) is 5.75 Å². The normalized spacial score (nSPS) is 16.3. The highest BCUT2D eigenvalue weighted by atomic mass is 16.5. The van der Waals surface area contributed by atoms with E-state index in [9.17, 15) is 4.79 Å². The molecular weight excluding hydrogens is 342 g/mol. The van der Waals surface area contributed by atoms with Crippen LogP contribution in [0.1, 0.15) is 34.1 Å². The quantitative estimate of drug-likeness (QED) is 0.716. The molecule has 0 saturated carbocycles. The predicted octanol–water partition coefficient (Wildman–Crippen LogP) is 3.86. The average Bonchev–Trinajstić information content (AvgIpc) is 3.38. The Kier molecular flexibility index (Phi) is 4.38. The summed E-state index contributed by atoms with van der Waals surface area (Å²) >= 11 is 0. The molecule has 0 saturated heterocycles. The molecule has 3 aromatic rings. The molecule has 0 radical (unpaired) electrons. The molecule has 1 aliphatic heterocycles. The van der Waals surface area contributed by atoms with Gasteiger partial charge in [-0.2, -0.15) is 5.10 Å². The number of anilines is 1. The summed E-state index contributed by atoms with van der Waals surface area (Å²) in [6, 6.07) is 18.3. The van der Waals surface area contributed by atoms with Gasteiger partial charge in [0, 0.05) is 12.1 Å². The fraction of sp³-hybridized carbons (Fsp3) is 0.143. The number of benzene rings is 2. The third-order valence-corrected chi connectivity index (χ3v) is 4.59. The fourth-order valence-electron chi connectivity index (χ4n) is 3.15. The van der Waals surface area contributed by atoms with Crippen LogP contribution in [-0.2, 0) is 0 Å². The summed E-state index contributed by atoms with van der Waals surface area (Å²) in [5.41, 5.74) is 9.22. The second kappa shape index (κ2) is 6.99. The Morgan fingerprint density at radius 3 is 2.52 bits per heavy atom. The monoisotopic (exact) mass is 361 g/mol. The summed E-state index contributed by atoms with van der Waals surface area (Å²) < 4.78 is 10.5. The number of nitrogens with zero attached hydrogens (tertiary/aromatic N) is 2. The van der Waals surface area contributed by atoms with Crippen LogP contribution in [0, 0.1) is 0 Å². The van der Waals surface area contributed by atoms with Crippen molar-refractivity contribution in [2.45, 2.75) is 12.5 Å². The van der Waals surface area contributed by atoms with E-state index in [-0.39, 0.29) is 17.7 Å². The van der Waals surface area contributed by atoms with Crippen LogP contribution in [0.2, 0.25) is 0 Å². The van der Waals surface area contributed by atoms with Crippen LogP contribution in [0.4, 0.5) is 5.69 Å². The summed E-state index contributed by atoms with van der Waals surface area (Å²) in [5, 5.41) is 6.11. The molecule has 1 atom stereocenters. The second-order valence-electron chi connectivity index (χ2n) is 6.29. The van der Waals surface area contributed by atoms with Crippen molar-refractivity contribution >= 4 is 17.3 Å². The van der Waals surface area contributed by atoms with Gasteiger partial charge in [0.25, 0.3) is 0 Å². The number of rotatable bonds is 4. The number of amides is 1. The highest BCUT2D eigenvalue weighted by Gasteiger charge is 2.34. The Balaban J connectivity index is 1.70. The molecule has 136 valence electrons. The molecule has 1 aromatic heterocycles. The van der Waals surface area contributed by atoms with Gasteiger partial charge in [-0.1, -0.05) is 24.3 Å². The highest BCUT2D eigenvalue weighted by molar-refractivity contribution is 6.04. The fourth-order valence-corrected chi connectivity index (χ4v) is 3.15. The molecule has 0 fully saturated rings. The van der Waals surface area contributed by atoms with Crippen molar-refractivity contribution in [2.24, 2.45) is 5.10 Å². The molecule has 2 N–H and O–H groups in total. The maximum atomic E-state index is 12.9. The molecular formula is C21H19N3O3. The zero-order chi connectivity index (χ0) is 18.8. The second-order valence-corrected chi connectivity index (χ2v) is 6.29. The number of nitrogen functional groups attached to an aromatic ring is 1. The van der Waals surface area contributed by atoms with Crippen molar-refractivity contribution in [1.82, 2.24) is 5.01 Å². The number of hydrogen-bond donors (Lipinski definition) is 1. The van der Waals surface area contributed by atoms with E-state index in [4.69, 9.17) is 14.9 Å². The Bertz CT molecular complexity index is 961. The number of furan rings is 1. The topological polar surface area (TPSA) is 81.1 Å². The first-order valence-corrected chi connectivity index (χ1v) is 8.60. The van der Waals surface area contributed by atoms with Gasteiger partial charge in [0.15, 0.2) is 5.76 Å². The number of carbonyl (C=O) groups is 1. The number of methoxy groups -OCH3 is 1. The zero-order valence-corrected chi connectivity index (χ0v) is 14.8. The summed E-state index contributed by atoms with van der Waals surface area (Å²) in [5.74, 6) is 0.752. The van der Waals surface area contributed by atoms with E-state index >= 15 is 0 Å². The van der Waals surface area contributed by atoms with Gasteiger partial charge in [-0.15, -0.1) is 0 Å². The number of nitrogens with two attached hydrogens (primary N) is 1. The Labute approximate surface area is 156 Å². The maximum absolute atomic E-state index is 12.9. The molecule has 6 heteroatoms. The molecule has 1 aliphatic rings. The first-order valence-electron chi connectivity index (χ1n) is 8.60. The Morgan fingerprint density at radius 2 is 1.89 bits per heavy atom. The molecule has 2 heterocycles. The van der Waals surface area contributed by atoms with Gasteiger partial charge in [-0.25, -0.2) is 5.01 Å². The van der Waals surface area contributed by atoms with E-state index in [2.05, 4.69) is 5.10 Å². The number of hydrazone groups is 1. The van der Waals surface area contributed by atoms with Gasteiger partial charge in [-0.3, -0.25) is 4.79 Å². The van der Waals surface area contributed by atoms with Gasteiger partial charge in [0.2, 0.25) is 0 Å². The van der Waals surface area contributed by atoms with Crippen molar-refractivity contribution in [3.63, 3.8) is 0 Å². The van der Waals surface area contributed by atoms with E-state index in [1.165, 1.54) is 11.3 Å². The molecule has 0 spiro atoms. The molecule has 6 nitrogen and oxygen atoms in total. The van der Waals surface area contributed by atoms with Crippen molar-refractivity contribution < 1.29 is 13.9 Å². The minimum Gasteiger partial charge on any atom is -0.497 e. The molecule has 4 rings (SSSR count). The summed E-state index contributed by atoms with van der Waals surface area (Å²) in [4.78, 5) is 12.9. The predicted molar refractivity (Wildman–Crippen MR) is 103 cm³/mol. The number of carbonyl (C=O) groups excluding carboxylic acids is 1. The van der Waals surface area contributed by atoms with E-state index in [1.807, 2.05) is 48.5 Å². The maximum Gasteiger partial charge on any atom is 0.310 e. The minimum absolute atomic E-state index is 0.221. The lowest BCUT2D eigenvalue weighted by atomic mass is 9.98. The number of hydrogen-bond acceptors (Lipinski definition) is 5. The van der Waals surface area contributed by atoms with E-state index in [0.29, 0.717) is 12.1 Å². The van der Waals surface area contributed by atoms with Crippen molar-refractivity contribution in [2.75, 3.05) is 12.8 Å². The van der Waals surface area contributed by atoms with Crippen molar-refractivity contribution in [3.8, 4) is 5.75 Å². The van der Waals surface area contributed by atoms with Crippen LogP contribution in [0.3, 0.4) is 0 Å². The lowest BCUT2D eigenvalue weighted by Crippen LogP contribution is -2.26. The molecule has 0 bridgehead atoms. The van der Waals surface area contributed by atoms with Gasteiger partial charge in [-0.05, 0) is 47.5 Å². The standard InChI is InChI=1S/C21H19N3O3/c1-26-17-10-6-15(7-11-17)19-13-18(14-4-8-16(22)9-5-14)23-24(19)21(25)20-3-2-12-27-20/h2-12,19H,13,22H2,1H3. The summed E-state index contributed by atoms with van der Waals surface area (Å²) in [6.07, 6.45) is 2.08. The first-order chi connectivity index (χ1) is 13.2. The third kappa shape index (κ3) is 3.29. The van der Waals surface area contributed by atoms with Gasteiger partial charge >= 0.3 is 5.91 Å². The average molecular weight is 361 g/mol. The van der Waals surface area contributed by atoms with Crippen LogP contribution in [-0.4, -0.2) is 23.7 Å². The van der Waals surface area contributed by atoms with Crippen LogP contribution < -0.4 is 10.5 Å². The number of ether oxygens (including phenoxy) is 1. The Hall–Kier alpha value is -3.54. The lowest BCUT2D eigenvalue weighted by Gasteiger charge is -2.21. The van der Waals surface area contributed by atoms with E-state index in [0.717, 1.165) is 22.6 Å². The van der Waals surface area contributed by atoms with E-state index < -0.39 is 0 Å². The van der Waals surface area contributed by atoms with Crippen LogP contribution >= 0.6 is 0 Å². The summed E-state index contributed by atoms with van der Waals surface area (Å²) in [7, 11) is 1.62. The van der Waals surface area contributed by atoms with Crippen molar-refractivity contribution in [3.05, 3.63) is 83.8 Å². The highest BCUT2D eigenvalue weighted by Crippen LogP contribution is 2.34. The van der Waals surface area contributed by atoms with Crippen LogP contribution in [0.15, 0.2) is 76.4 Å². The van der Waals surface area contributed by atoms with Gasteiger partial charge < -0.3 is 14.9 Å². The summed E-state index contributed by atoms with van der Waals surface area (Å²) in [6.45, 7) is 0. The molecule has 27 heavy (non-hydrogen) atoms. The first kappa shape index (κ1) is 16.9. The van der Waals surface area contributed by atoms with Crippen molar-refractivity contribution in [1.29, 1.82) is 0 Å². The van der Waals surface area contributed by atoms with Gasteiger partial charge in [0.05, 0.1) is 25.1 Å². The largest absolute Gasteiger partial charge is 0.497 e. The molecule has 1 unspecified atom stereocenters. The van der Waals surface area contributed by atoms with Crippen LogP contribution in [0.5, 0.6) is 5.75 Å². The lowest BCUT2D eigenvalue weighted by molar-refractivity contribution is 0.0678. The molecule has 2 aromatic carbocycles. The molecule has 0 aliphatic carbocycles. The SMILES string of the molecule is COc1ccc(C2CC(c3ccc(N)cc3)=NN2C(=O)c2ccco2)cc1. The third-order valence-electron chi connectivity index (χ3n) is 4.59.